The highest BCUT2D eigenvalue weighted by molar-refractivity contribution is 5.34. The second-order valence-corrected chi connectivity index (χ2v) is 5.06. The van der Waals surface area contributed by atoms with Gasteiger partial charge in [-0.25, -0.2) is 0 Å². The summed E-state index contributed by atoms with van der Waals surface area (Å²) in [6, 6.07) is 8.44. The Hall–Kier alpha value is -1.02. The van der Waals surface area contributed by atoms with E-state index in [1.807, 2.05) is 18.2 Å². The number of phenolic OH excluding ortho intramolecular Hbond substituents is 1. The molecule has 2 heteroatoms. The molecule has 0 spiro atoms. The maximum absolute atomic E-state index is 9.77. The van der Waals surface area contributed by atoms with Crippen molar-refractivity contribution in [3.05, 3.63) is 29.8 Å². The van der Waals surface area contributed by atoms with E-state index in [0.29, 0.717) is 11.8 Å². The molecule has 1 aliphatic rings. The monoisotopic (exact) mass is 219 g/mol. The van der Waals surface area contributed by atoms with Crippen LogP contribution >= 0.6 is 0 Å². The van der Waals surface area contributed by atoms with Crippen molar-refractivity contribution in [3.63, 3.8) is 0 Å². The lowest BCUT2D eigenvalue weighted by molar-refractivity contribution is 0.421. The molecule has 0 heterocycles. The van der Waals surface area contributed by atoms with Crippen LogP contribution in [0.15, 0.2) is 24.3 Å². The molecule has 1 aliphatic carbocycles. The molecule has 1 aromatic carbocycles. The van der Waals surface area contributed by atoms with Crippen LogP contribution in [0.1, 0.15) is 44.7 Å². The number of nitrogens with one attached hydrogen (secondary N) is 1. The zero-order valence-electron chi connectivity index (χ0n) is 10.1. The Balaban J connectivity index is 1.98. The molecule has 0 amide bonds. The van der Waals surface area contributed by atoms with Crippen LogP contribution in [0.3, 0.4) is 0 Å². The van der Waals surface area contributed by atoms with Gasteiger partial charge in [-0.2, -0.15) is 0 Å². The largest absolute Gasteiger partial charge is 0.508 e. The zero-order chi connectivity index (χ0) is 11.5. The quantitative estimate of drug-likeness (QED) is 0.818. The van der Waals surface area contributed by atoms with Gasteiger partial charge >= 0.3 is 0 Å². The fourth-order valence-electron chi connectivity index (χ4n) is 2.66. The maximum atomic E-state index is 9.77. The van der Waals surface area contributed by atoms with E-state index >= 15 is 0 Å². The van der Waals surface area contributed by atoms with Crippen LogP contribution in [0.5, 0.6) is 5.75 Å². The fourth-order valence-corrected chi connectivity index (χ4v) is 2.66. The van der Waals surface area contributed by atoms with E-state index in [-0.39, 0.29) is 6.04 Å². The van der Waals surface area contributed by atoms with Crippen LogP contribution in [0.25, 0.3) is 0 Å². The smallest absolute Gasteiger partial charge is 0.120 e. The molecule has 2 N–H and O–H groups in total. The van der Waals surface area contributed by atoms with Crippen molar-refractivity contribution in [3.8, 4) is 5.75 Å². The van der Waals surface area contributed by atoms with Crippen LogP contribution in [0.2, 0.25) is 0 Å². The highest BCUT2D eigenvalue weighted by Gasteiger charge is 2.23. The molecule has 2 nitrogen and oxygen atoms in total. The normalized spacial score (nSPS) is 26.9. The molecule has 0 saturated heterocycles. The zero-order valence-corrected chi connectivity index (χ0v) is 10.1. The van der Waals surface area contributed by atoms with E-state index in [1.165, 1.54) is 19.3 Å². The van der Waals surface area contributed by atoms with Gasteiger partial charge in [0.25, 0.3) is 0 Å². The highest BCUT2D eigenvalue weighted by atomic mass is 16.3. The minimum atomic E-state index is 0.233. The summed E-state index contributed by atoms with van der Waals surface area (Å²) in [5.41, 5.74) is 1.00. The molecule has 1 fully saturated rings. The molecular weight excluding hydrogens is 198 g/mol. The number of para-hydroxylation sites is 1. The van der Waals surface area contributed by atoms with Crippen LogP contribution < -0.4 is 5.32 Å². The van der Waals surface area contributed by atoms with Gasteiger partial charge in [0.1, 0.15) is 5.75 Å². The van der Waals surface area contributed by atoms with E-state index in [0.717, 1.165) is 11.5 Å². The molecule has 0 aromatic heterocycles. The first-order chi connectivity index (χ1) is 7.66. The van der Waals surface area contributed by atoms with Crippen molar-refractivity contribution in [2.45, 2.75) is 45.2 Å². The van der Waals surface area contributed by atoms with Crippen molar-refractivity contribution < 1.29 is 5.11 Å². The van der Waals surface area contributed by atoms with Gasteiger partial charge in [0.2, 0.25) is 0 Å². The molecule has 1 saturated carbocycles. The number of rotatable bonds is 3. The van der Waals surface area contributed by atoms with Crippen LogP contribution in [0.4, 0.5) is 0 Å². The minimum absolute atomic E-state index is 0.233. The Morgan fingerprint density at radius 1 is 1.31 bits per heavy atom. The summed E-state index contributed by atoms with van der Waals surface area (Å²) in [7, 11) is 0. The average molecular weight is 219 g/mol. The fraction of sp³-hybridized carbons (Fsp3) is 0.571. The maximum Gasteiger partial charge on any atom is 0.120 e. The molecule has 2 rings (SSSR count). The third kappa shape index (κ3) is 2.56. The summed E-state index contributed by atoms with van der Waals surface area (Å²) < 4.78 is 0. The van der Waals surface area contributed by atoms with Gasteiger partial charge in [-0.15, -0.1) is 0 Å². The average Bonchev–Trinajstić information content (AvgIpc) is 2.64. The third-order valence-electron chi connectivity index (χ3n) is 3.58. The molecule has 16 heavy (non-hydrogen) atoms. The summed E-state index contributed by atoms with van der Waals surface area (Å²) in [4.78, 5) is 0. The molecule has 3 unspecified atom stereocenters. The molecule has 0 aliphatic heterocycles. The second-order valence-electron chi connectivity index (χ2n) is 5.06. The van der Waals surface area contributed by atoms with E-state index < -0.39 is 0 Å². The first kappa shape index (κ1) is 11.5. The van der Waals surface area contributed by atoms with Crippen molar-refractivity contribution in [1.29, 1.82) is 0 Å². The molecule has 1 aromatic rings. The Labute approximate surface area is 97.7 Å². The summed E-state index contributed by atoms with van der Waals surface area (Å²) in [6.07, 6.45) is 3.85. The number of phenols is 1. The van der Waals surface area contributed by atoms with Gasteiger partial charge in [-0.1, -0.05) is 25.1 Å². The van der Waals surface area contributed by atoms with Crippen molar-refractivity contribution >= 4 is 0 Å². The van der Waals surface area contributed by atoms with E-state index in [1.54, 1.807) is 6.07 Å². The van der Waals surface area contributed by atoms with Gasteiger partial charge in [-0.3, -0.25) is 0 Å². The minimum Gasteiger partial charge on any atom is -0.508 e. The molecule has 0 bridgehead atoms. The summed E-state index contributed by atoms with van der Waals surface area (Å²) in [5.74, 6) is 1.24. The van der Waals surface area contributed by atoms with Crippen molar-refractivity contribution in [1.82, 2.24) is 5.32 Å². The lowest BCUT2D eigenvalue weighted by Crippen LogP contribution is -2.29. The van der Waals surface area contributed by atoms with E-state index in [2.05, 4.69) is 19.2 Å². The number of aromatic hydroxyl groups is 1. The Morgan fingerprint density at radius 3 is 2.69 bits per heavy atom. The molecular formula is C14H21NO. The lowest BCUT2D eigenvalue weighted by atomic mass is 10.1. The number of hydrogen-bond acceptors (Lipinski definition) is 2. The third-order valence-corrected chi connectivity index (χ3v) is 3.58. The van der Waals surface area contributed by atoms with Crippen LogP contribution in [-0.4, -0.2) is 11.1 Å². The SMILES string of the molecule is CC1CCC(NC(C)c2ccccc2O)C1. The predicted molar refractivity (Wildman–Crippen MR) is 66.5 cm³/mol. The van der Waals surface area contributed by atoms with Crippen LogP contribution in [0, 0.1) is 5.92 Å². The Morgan fingerprint density at radius 2 is 2.06 bits per heavy atom. The highest BCUT2D eigenvalue weighted by Crippen LogP contribution is 2.29. The van der Waals surface area contributed by atoms with Crippen molar-refractivity contribution in [2.24, 2.45) is 5.92 Å². The molecule has 3 atom stereocenters. The standard InChI is InChI=1S/C14H21NO/c1-10-7-8-12(9-10)15-11(2)13-5-3-4-6-14(13)16/h3-6,10-12,15-16H,7-9H2,1-2H3. The van der Waals surface area contributed by atoms with Gasteiger partial charge in [0.15, 0.2) is 0 Å². The van der Waals surface area contributed by atoms with Gasteiger partial charge in [0, 0.05) is 17.6 Å². The Bertz CT molecular complexity index is 350. The molecule has 88 valence electrons. The topological polar surface area (TPSA) is 32.3 Å². The predicted octanol–water partition coefficient (Wildman–Crippen LogP) is 3.23. The van der Waals surface area contributed by atoms with E-state index in [4.69, 9.17) is 0 Å². The number of benzene rings is 1. The second kappa shape index (κ2) is 4.88. The number of hydrogen-bond donors (Lipinski definition) is 2. The first-order valence-corrected chi connectivity index (χ1v) is 6.20. The van der Waals surface area contributed by atoms with Gasteiger partial charge < -0.3 is 10.4 Å². The summed E-state index contributed by atoms with van der Waals surface area (Å²) in [5, 5.41) is 13.4. The van der Waals surface area contributed by atoms with Crippen LogP contribution in [-0.2, 0) is 0 Å². The van der Waals surface area contributed by atoms with Crippen molar-refractivity contribution in [2.75, 3.05) is 0 Å². The van der Waals surface area contributed by atoms with Gasteiger partial charge in [-0.05, 0) is 38.2 Å². The van der Waals surface area contributed by atoms with Gasteiger partial charge in [0.05, 0.1) is 0 Å². The van der Waals surface area contributed by atoms with E-state index in [9.17, 15) is 5.11 Å². The first-order valence-electron chi connectivity index (χ1n) is 6.20. The molecule has 0 radical (unpaired) electrons. The Kier molecular flexibility index (Phi) is 3.49. The summed E-state index contributed by atoms with van der Waals surface area (Å²) in [6.45, 7) is 4.43. The lowest BCUT2D eigenvalue weighted by Gasteiger charge is -2.20. The summed E-state index contributed by atoms with van der Waals surface area (Å²) >= 11 is 0.